The molecule has 0 bridgehead atoms. The van der Waals surface area contributed by atoms with Crippen LogP contribution in [-0.4, -0.2) is 19.5 Å². The van der Waals surface area contributed by atoms with E-state index in [0.29, 0.717) is 0 Å². The van der Waals surface area contributed by atoms with Gasteiger partial charge in [0.05, 0.1) is 33.6 Å². The zero-order valence-corrected chi connectivity index (χ0v) is 30.9. The number of nitrogens with zero attached hydrogens (tertiary/aromatic N) is 4. The summed E-state index contributed by atoms with van der Waals surface area (Å²) in [5.74, 6) is 0. The number of aromatic nitrogens is 4. The van der Waals surface area contributed by atoms with Crippen LogP contribution in [0.2, 0.25) is 0 Å². The van der Waals surface area contributed by atoms with Crippen LogP contribution >= 0.6 is 0 Å². The van der Waals surface area contributed by atoms with Gasteiger partial charge in [-0.3, -0.25) is 9.97 Å². The van der Waals surface area contributed by atoms with Gasteiger partial charge >= 0.3 is 0 Å². The second-order valence-electron chi connectivity index (χ2n) is 14.4. The lowest BCUT2D eigenvalue weighted by molar-refractivity contribution is 1.18. The fourth-order valence-corrected chi connectivity index (χ4v) is 8.48. The third kappa shape index (κ3) is 5.58. The van der Waals surface area contributed by atoms with Crippen molar-refractivity contribution >= 4 is 43.5 Å². The number of para-hydroxylation sites is 3. The van der Waals surface area contributed by atoms with Crippen molar-refractivity contribution in [1.82, 2.24) is 19.5 Å². The molecule has 4 heterocycles. The smallest absolute Gasteiger partial charge is 0.0794 e. The summed E-state index contributed by atoms with van der Waals surface area (Å²) in [5, 5.41) is 5.95. The number of pyridine rings is 3. The average Bonchev–Trinajstić information content (AvgIpc) is 3.64. The van der Waals surface area contributed by atoms with Gasteiger partial charge in [0.2, 0.25) is 0 Å². The summed E-state index contributed by atoms with van der Waals surface area (Å²) < 4.78 is 2.39. The lowest BCUT2D eigenvalue weighted by Gasteiger charge is -2.15. The van der Waals surface area contributed by atoms with Crippen LogP contribution in [0.15, 0.2) is 207 Å². The summed E-state index contributed by atoms with van der Waals surface area (Å²) in [7, 11) is 0. The molecular weight excluding hydrogens is 693 g/mol. The van der Waals surface area contributed by atoms with Crippen molar-refractivity contribution in [2.75, 3.05) is 0 Å². The number of benzene rings is 7. The standard InChI is InChI=1S/C53H34N4/c1-3-14-37(15-4-1)52-45-28-29-49-51(43-18-7-8-23-48(43)57(49)41-16-5-2-6-17-41)50(45)44-20-13-19-42(53(44)56-52)36-26-24-35(25-27-36)38-32-39(46-21-9-11-30-54-46)34-40(33-38)47-22-10-12-31-55-47/h1-34H. The van der Waals surface area contributed by atoms with Crippen LogP contribution in [-0.2, 0) is 0 Å². The average molecular weight is 727 g/mol. The predicted molar refractivity (Wildman–Crippen MR) is 236 cm³/mol. The van der Waals surface area contributed by atoms with E-state index in [9.17, 15) is 0 Å². The first-order chi connectivity index (χ1) is 28.3. The molecule has 0 unspecified atom stereocenters. The SMILES string of the molecule is c1ccc(-c2nc3c(-c4ccc(-c5cc(-c6ccccn6)cc(-c6ccccn6)c5)cc4)cccc3c3c2ccc2c3c3ccccc3n2-c2ccccc2)cc1. The maximum atomic E-state index is 5.55. The first-order valence-electron chi connectivity index (χ1n) is 19.3. The minimum Gasteiger partial charge on any atom is -0.309 e. The highest BCUT2D eigenvalue weighted by molar-refractivity contribution is 6.30. The van der Waals surface area contributed by atoms with Gasteiger partial charge in [-0.05, 0) is 83.4 Å². The number of fused-ring (bicyclic) bond motifs is 7. The summed E-state index contributed by atoms with van der Waals surface area (Å²) in [6.07, 6.45) is 3.68. The first-order valence-corrected chi connectivity index (χ1v) is 19.3. The summed E-state index contributed by atoms with van der Waals surface area (Å²) in [4.78, 5) is 14.9. The molecule has 0 amide bonds. The Balaban J connectivity index is 1.13. The lowest BCUT2D eigenvalue weighted by atomic mass is 9.92. The fraction of sp³-hybridized carbons (Fsp3) is 0. The molecule has 0 aliphatic rings. The van der Waals surface area contributed by atoms with E-state index in [1.54, 1.807) is 0 Å². The number of hydrogen-bond donors (Lipinski definition) is 0. The third-order valence-corrected chi connectivity index (χ3v) is 11.1. The van der Waals surface area contributed by atoms with E-state index in [1.165, 1.54) is 27.2 Å². The van der Waals surface area contributed by atoms with Crippen molar-refractivity contribution in [1.29, 1.82) is 0 Å². The Bertz CT molecular complexity index is 3190. The highest BCUT2D eigenvalue weighted by Crippen LogP contribution is 2.44. The maximum absolute atomic E-state index is 5.55. The van der Waals surface area contributed by atoms with Crippen molar-refractivity contribution in [2.24, 2.45) is 0 Å². The summed E-state index contributed by atoms with van der Waals surface area (Å²) in [6.45, 7) is 0. The number of hydrogen-bond acceptors (Lipinski definition) is 3. The minimum atomic E-state index is 0.928. The molecule has 11 rings (SSSR count). The molecule has 4 heteroatoms. The Labute approximate surface area is 330 Å². The van der Waals surface area contributed by atoms with Crippen LogP contribution in [0, 0.1) is 0 Å². The van der Waals surface area contributed by atoms with Gasteiger partial charge in [0.1, 0.15) is 0 Å². The van der Waals surface area contributed by atoms with Crippen molar-refractivity contribution in [3.63, 3.8) is 0 Å². The van der Waals surface area contributed by atoms with Crippen LogP contribution in [0.3, 0.4) is 0 Å². The van der Waals surface area contributed by atoms with E-state index in [1.807, 2.05) is 36.7 Å². The predicted octanol–water partition coefficient (Wildman–Crippen LogP) is 13.6. The van der Waals surface area contributed by atoms with Gasteiger partial charge in [-0.15, -0.1) is 0 Å². The molecule has 0 fully saturated rings. The Morgan fingerprint density at radius 1 is 0.351 bits per heavy atom. The van der Waals surface area contributed by atoms with Crippen LogP contribution in [0.4, 0.5) is 0 Å². The summed E-state index contributed by atoms with van der Waals surface area (Å²) >= 11 is 0. The molecule has 11 aromatic rings. The topological polar surface area (TPSA) is 43.6 Å². The van der Waals surface area contributed by atoms with Gasteiger partial charge in [0.25, 0.3) is 0 Å². The molecule has 0 aliphatic heterocycles. The number of rotatable bonds is 6. The molecule has 0 radical (unpaired) electrons. The van der Waals surface area contributed by atoms with E-state index in [-0.39, 0.29) is 0 Å². The van der Waals surface area contributed by atoms with E-state index >= 15 is 0 Å². The van der Waals surface area contributed by atoms with Gasteiger partial charge in [0, 0.05) is 67.3 Å². The summed E-state index contributed by atoms with van der Waals surface area (Å²) in [6, 6.07) is 68.8. The Kier molecular flexibility index (Phi) is 7.78. The monoisotopic (exact) mass is 726 g/mol. The minimum absolute atomic E-state index is 0.928. The molecule has 266 valence electrons. The van der Waals surface area contributed by atoms with Crippen molar-refractivity contribution in [3.8, 4) is 61.7 Å². The zero-order valence-electron chi connectivity index (χ0n) is 30.9. The molecule has 0 atom stereocenters. The molecule has 4 aromatic heterocycles. The van der Waals surface area contributed by atoms with Crippen molar-refractivity contribution in [3.05, 3.63) is 207 Å². The van der Waals surface area contributed by atoms with Gasteiger partial charge in [-0.1, -0.05) is 127 Å². The van der Waals surface area contributed by atoms with E-state index < -0.39 is 0 Å². The molecule has 0 saturated carbocycles. The molecule has 4 nitrogen and oxygen atoms in total. The highest BCUT2D eigenvalue weighted by atomic mass is 15.0. The lowest BCUT2D eigenvalue weighted by Crippen LogP contribution is -1.95. The highest BCUT2D eigenvalue weighted by Gasteiger charge is 2.21. The maximum Gasteiger partial charge on any atom is 0.0794 e. The Morgan fingerprint density at radius 2 is 0.965 bits per heavy atom. The third-order valence-electron chi connectivity index (χ3n) is 11.1. The van der Waals surface area contributed by atoms with Gasteiger partial charge in [-0.2, -0.15) is 0 Å². The van der Waals surface area contributed by atoms with Crippen LogP contribution in [0.1, 0.15) is 0 Å². The second-order valence-corrected chi connectivity index (χ2v) is 14.4. The quantitative estimate of drug-likeness (QED) is 0.160. The molecule has 0 spiro atoms. The van der Waals surface area contributed by atoms with Crippen molar-refractivity contribution < 1.29 is 0 Å². The van der Waals surface area contributed by atoms with Gasteiger partial charge < -0.3 is 4.57 Å². The van der Waals surface area contributed by atoms with Crippen molar-refractivity contribution in [2.45, 2.75) is 0 Å². The Morgan fingerprint density at radius 3 is 1.67 bits per heavy atom. The Hall–Kier alpha value is -7.69. The van der Waals surface area contributed by atoms with Gasteiger partial charge in [-0.25, -0.2) is 4.98 Å². The molecule has 0 aliphatic carbocycles. The second kappa shape index (κ2) is 13.6. The molecule has 57 heavy (non-hydrogen) atoms. The normalized spacial score (nSPS) is 11.5. The molecule has 0 N–H and O–H groups in total. The molecule has 0 saturated heterocycles. The van der Waals surface area contributed by atoms with E-state index in [2.05, 4.69) is 184 Å². The van der Waals surface area contributed by atoms with Crippen LogP contribution in [0.5, 0.6) is 0 Å². The zero-order chi connectivity index (χ0) is 37.7. The van der Waals surface area contributed by atoms with Gasteiger partial charge in [0.15, 0.2) is 0 Å². The van der Waals surface area contributed by atoms with Crippen LogP contribution < -0.4 is 0 Å². The van der Waals surface area contributed by atoms with Crippen LogP contribution in [0.25, 0.3) is 105 Å². The fourth-order valence-electron chi connectivity index (χ4n) is 8.48. The first kappa shape index (κ1) is 32.7. The largest absolute Gasteiger partial charge is 0.309 e. The van der Waals surface area contributed by atoms with E-state index in [0.717, 1.165) is 78.0 Å². The molecular formula is C53H34N4. The summed E-state index contributed by atoms with van der Waals surface area (Å²) in [5.41, 5.74) is 14.9. The molecule has 7 aromatic carbocycles. The van der Waals surface area contributed by atoms with E-state index in [4.69, 9.17) is 4.98 Å².